The van der Waals surface area contributed by atoms with Gasteiger partial charge in [0.05, 0.1) is 22.3 Å². The zero-order valence-electron chi connectivity index (χ0n) is 12.5. The van der Waals surface area contributed by atoms with Crippen LogP contribution in [0.25, 0.3) is 0 Å². The molecule has 0 amide bonds. The molecule has 0 heterocycles. The molecule has 0 atom stereocenters. The number of anilines is 1. The SMILES string of the molecule is O=[N+]([O-])c1cc(C(F)(F)F)ccc1N/N=C/c1c(F)c(F)c(F)c(F)c1F. The maximum atomic E-state index is 13.4. The minimum atomic E-state index is -4.87. The van der Waals surface area contributed by atoms with Crippen molar-refractivity contribution in [2.45, 2.75) is 6.18 Å². The van der Waals surface area contributed by atoms with Crippen LogP contribution in [-0.2, 0) is 6.18 Å². The molecule has 0 fully saturated rings. The van der Waals surface area contributed by atoms with Crippen LogP contribution in [0.5, 0.6) is 0 Å². The lowest BCUT2D eigenvalue weighted by molar-refractivity contribution is -0.384. The number of hydrogen-bond donors (Lipinski definition) is 1. The number of nitro benzene ring substituents is 1. The van der Waals surface area contributed by atoms with Gasteiger partial charge in [0, 0.05) is 6.07 Å². The smallest absolute Gasteiger partial charge is 0.272 e. The van der Waals surface area contributed by atoms with E-state index in [4.69, 9.17) is 0 Å². The molecule has 0 aromatic heterocycles. The largest absolute Gasteiger partial charge is 0.416 e. The maximum absolute atomic E-state index is 13.4. The summed E-state index contributed by atoms with van der Waals surface area (Å²) in [4.78, 5) is 9.67. The first kappa shape index (κ1) is 20.1. The van der Waals surface area contributed by atoms with E-state index in [1.54, 1.807) is 0 Å². The highest BCUT2D eigenvalue weighted by Gasteiger charge is 2.33. The van der Waals surface area contributed by atoms with E-state index in [-0.39, 0.29) is 12.3 Å². The van der Waals surface area contributed by atoms with Gasteiger partial charge in [-0.2, -0.15) is 18.3 Å². The molecule has 144 valence electrons. The second-order valence-electron chi connectivity index (χ2n) is 4.84. The monoisotopic (exact) mass is 399 g/mol. The molecule has 2 aromatic rings. The average molecular weight is 399 g/mol. The van der Waals surface area contributed by atoms with Crippen LogP contribution in [0.1, 0.15) is 11.1 Å². The van der Waals surface area contributed by atoms with Crippen molar-refractivity contribution in [1.82, 2.24) is 0 Å². The summed E-state index contributed by atoms with van der Waals surface area (Å²) in [5, 5.41) is 13.9. The molecule has 13 heteroatoms. The molecule has 0 unspecified atom stereocenters. The maximum Gasteiger partial charge on any atom is 0.416 e. The van der Waals surface area contributed by atoms with Crippen LogP contribution in [0.15, 0.2) is 23.3 Å². The second-order valence-corrected chi connectivity index (χ2v) is 4.84. The van der Waals surface area contributed by atoms with Crippen LogP contribution >= 0.6 is 0 Å². The van der Waals surface area contributed by atoms with E-state index in [1.807, 2.05) is 5.43 Å². The first-order chi connectivity index (χ1) is 12.4. The summed E-state index contributed by atoms with van der Waals surface area (Å²) in [6, 6.07) is 1.25. The molecule has 0 bridgehead atoms. The van der Waals surface area contributed by atoms with Gasteiger partial charge >= 0.3 is 6.18 Å². The molecule has 27 heavy (non-hydrogen) atoms. The van der Waals surface area contributed by atoms with Crippen LogP contribution in [0.3, 0.4) is 0 Å². The predicted molar refractivity (Wildman–Crippen MR) is 75.5 cm³/mol. The van der Waals surface area contributed by atoms with Crippen LogP contribution in [0.2, 0.25) is 0 Å². The van der Waals surface area contributed by atoms with E-state index in [2.05, 4.69) is 5.10 Å². The number of benzene rings is 2. The minimum Gasteiger partial charge on any atom is -0.272 e. The lowest BCUT2D eigenvalue weighted by Crippen LogP contribution is -2.08. The molecule has 0 aliphatic heterocycles. The predicted octanol–water partition coefficient (Wildman–Crippen LogP) is 4.76. The van der Waals surface area contributed by atoms with Crippen molar-refractivity contribution in [3.8, 4) is 0 Å². The Bertz CT molecular complexity index is 914. The van der Waals surface area contributed by atoms with Crippen molar-refractivity contribution >= 4 is 17.6 Å². The molecule has 0 spiro atoms. The summed E-state index contributed by atoms with van der Waals surface area (Å²) >= 11 is 0. The van der Waals surface area contributed by atoms with Crippen molar-refractivity contribution in [2.75, 3.05) is 5.43 Å². The molecule has 2 aromatic carbocycles. The molecular weight excluding hydrogens is 394 g/mol. The van der Waals surface area contributed by atoms with Gasteiger partial charge in [0.1, 0.15) is 5.69 Å². The van der Waals surface area contributed by atoms with Crippen molar-refractivity contribution in [2.24, 2.45) is 5.10 Å². The van der Waals surface area contributed by atoms with E-state index >= 15 is 0 Å². The number of alkyl halides is 3. The van der Waals surface area contributed by atoms with Gasteiger partial charge in [0.2, 0.25) is 5.82 Å². The zero-order chi connectivity index (χ0) is 20.5. The molecule has 1 N–H and O–H groups in total. The molecule has 0 saturated carbocycles. The number of hydrazone groups is 1. The second kappa shape index (κ2) is 7.17. The number of halogens is 8. The molecule has 0 aliphatic carbocycles. The summed E-state index contributed by atoms with van der Waals surface area (Å²) in [5.41, 5.74) is -2.68. The molecule has 2 rings (SSSR count). The number of rotatable bonds is 4. The highest BCUT2D eigenvalue weighted by molar-refractivity contribution is 5.81. The third kappa shape index (κ3) is 3.96. The van der Waals surface area contributed by atoms with E-state index in [9.17, 15) is 45.2 Å². The lowest BCUT2D eigenvalue weighted by Gasteiger charge is -2.08. The molecular formula is C14H5F8N3O2. The van der Waals surface area contributed by atoms with Crippen LogP contribution in [0.4, 0.5) is 46.5 Å². The Morgan fingerprint density at radius 3 is 1.96 bits per heavy atom. The minimum absolute atomic E-state index is 0.137. The molecule has 5 nitrogen and oxygen atoms in total. The van der Waals surface area contributed by atoms with Crippen molar-refractivity contribution in [1.29, 1.82) is 0 Å². The highest BCUT2D eigenvalue weighted by atomic mass is 19.4. The van der Waals surface area contributed by atoms with Gasteiger partial charge in [0.25, 0.3) is 5.69 Å². The standard InChI is InChI=1S/C14H5F8N3O2/c15-9-6(10(16)12(18)13(19)11(9)17)4-23-24-7-2-1-5(14(20,21)22)3-8(7)25(26)27/h1-4,24H/b23-4+. The third-order valence-corrected chi connectivity index (χ3v) is 3.14. The molecule has 0 saturated heterocycles. The number of nitrogens with zero attached hydrogens (tertiary/aromatic N) is 2. The van der Waals surface area contributed by atoms with Gasteiger partial charge < -0.3 is 0 Å². The Labute approximate surface area is 144 Å². The normalized spacial score (nSPS) is 11.9. The quantitative estimate of drug-likeness (QED) is 0.201. The number of nitrogens with one attached hydrogen (secondary N) is 1. The fourth-order valence-electron chi connectivity index (χ4n) is 1.86. The summed E-state index contributed by atoms with van der Waals surface area (Å²) in [7, 11) is 0. The van der Waals surface area contributed by atoms with Gasteiger partial charge in [-0.25, -0.2) is 22.0 Å². The van der Waals surface area contributed by atoms with E-state index in [0.717, 1.165) is 0 Å². The Kier molecular flexibility index (Phi) is 5.33. The van der Waals surface area contributed by atoms with Gasteiger partial charge in [-0.15, -0.1) is 0 Å². The third-order valence-electron chi connectivity index (χ3n) is 3.14. The van der Waals surface area contributed by atoms with Gasteiger partial charge in [-0.1, -0.05) is 0 Å². The number of nitro groups is 1. The summed E-state index contributed by atoms with van der Waals surface area (Å²) in [5.74, 6) is -11.3. The molecule has 0 radical (unpaired) electrons. The average Bonchev–Trinajstić information content (AvgIpc) is 2.60. The fourth-order valence-corrected chi connectivity index (χ4v) is 1.86. The first-order valence-corrected chi connectivity index (χ1v) is 6.61. The summed E-state index contributed by atoms with van der Waals surface area (Å²) in [6.07, 6.45) is -4.74. The van der Waals surface area contributed by atoms with Crippen LogP contribution in [0, 0.1) is 39.2 Å². The van der Waals surface area contributed by atoms with Crippen LogP contribution < -0.4 is 5.43 Å². The van der Waals surface area contributed by atoms with Crippen molar-refractivity contribution in [3.63, 3.8) is 0 Å². The Hall–Kier alpha value is -3.25. The Morgan fingerprint density at radius 2 is 1.48 bits per heavy atom. The summed E-state index contributed by atoms with van der Waals surface area (Å²) < 4.78 is 104. The van der Waals surface area contributed by atoms with E-state index in [0.29, 0.717) is 12.1 Å². The summed E-state index contributed by atoms with van der Waals surface area (Å²) in [6.45, 7) is 0. The fraction of sp³-hybridized carbons (Fsp3) is 0.0714. The molecule has 0 aliphatic rings. The highest BCUT2D eigenvalue weighted by Crippen LogP contribution is 2.35. The van der Waals surface area contributed by atoms with Crippen molar-refractivity contribution in [3.05, 3.63) is 68.5 Å². The van der Waals surface area contributed by atoms with E-state index in [1.165, 1.54) is 0 Å². The van der Waals surface area contributed by atoms with Gasteiger partial charge in [0.15, 0.2) is 23.3 Å². The first-order valence-electron chi connectivity index (χ1n) is 6.61. The Morgan fingerprint density at radius 1 is 0.963 bits per heavy atom. The lowest BCUT2D eigenvalue weighted by atomic mass is 10.1. The zero-order valence-corrected chi connectivity index (χ0v) is 12.5. The Balaban J connectivity index is 2.39. The topological polar surface area (TPSA) is 67.5 Å². The van der Waals surface area contributed by atoms with Crippen molar-refractivity contribution < 1.29 is 40.0 Å². The number of hydrogen-bond acceptors (Lipinski definition) is 4. The van der Waals surface area contributed by atoms with E-state index < -0.39 is 62.7 Å². The van der Waals surface area contributed by atoms with Gasteiger partial charge in [-0.05, 0) is 12.1 Å². The van der Waals surface area contributed by atoms with Gasteiger partial charge in [-0.3, -0.25) is 15.5 Å². The van der Waals surface area contributed by atoms with Crippen LogP contribution in [-0.4, -0.2) is 11.1 Å².